The molecule has 1 aliphatic heterocycles. The smallest absolute Gasteiger partial charge is 0.313 e. The molecule has 10 rings (SSSR count). The number of hydrogen-bond acceptors (Lipinski definition) is 11. The monoisotopic (exact) mass is 966 g/mol. The first-order valence-corrected chi connectivity index (χ1v) is 26.7. The number of nitrogens with two attached hydrogens (primary N) is 2. The van der Waals surface area contributed by atoms with E-state index in [1.54, 1.807) is 6.92 Å². The molecule has 1 spiro atoms. The van der Waals surface area contributed by atoms with Gasteiger partial charge in [0.2, 0.25) is 0 Å². The van der Waals surface area contributed by atoms with E-state index in [4.69, 9.17) is 16.2 Å². The Labute approximate surface area is 413 Å². The zero-order valence-electron chi connectivity index (χ0n) is 41.9. The van der Waals surface area contributed by atoms with Crippen molar-refractivity contribution in [2.75, 3.05) is 19.7 Å². The lowest BCUT2D eigenvalue weighted by Crippen LogP contribution is -2.70. The number of aliphatic imine (C=N–C) groups is 1. The molecule has 9 aliphatic rings. The van der Waals surface area contributed by atoms with Gasteiger partial charge in [0.15, 0.2) is 11.7 Å². The summed E-state index contributed by atoms with van der Waals surface area (Å²) in [4.78, 5) is 49.5. The molecule has 8 aliphatic carbocycles. The number of cyclic esters (lactones) is 1. The van der Waals surface area contributed by atoms with E-state index < -0.39 is 75.9 Å². The first-order valence-electron chi connectivity index (χ1n) is 26.7. The van der Waals surface area contributed by atoms with Crippen LogP contribution in [0.4, 0.5) is 0 Å². The quantitative estimate of drug-likeness (QED) is 0.0596. The minimum atomic E-state index is -1.79. The molecule has 70 heavy (non-hydrogen) atoms. The van der Waals surface area contributed by atoms with E-state index in [0.29, 0.717) is 43.1 Å². The number of esters is 1. The van der Waals surface area contributed by atoms with Gasteiger partial charge in [0.1, 0.15) is 5.78 Å². The van der Waals surface area contributed by atoms with Gasteiger partial charge in [-0.15, -0.1) is 5.92 Å². The zero-order valence-corrected chi connectivity index (χ0v) is 41.9. The third-order valence-corrected chi connectivity index (χ3v) is 20.9. The Morgan fingerprint density at radius 3 is 2.49 bits per heavy atom. The van der Waals surface area contributed by atoms with Crippen molar-refractivity contribution in [1.82, 2.24) is 10.3 Å². The highest BCUT2D eigenvalue weighted by Crippen LogP contribution is 2.77. The van der Waals surface area contributed by atoms with Crippen LogP contribution in [0, 0.1) is 99.6 Å². The molecule has 0 radical (unpaired) electrons. The van der Waals surface area contributed by atoms with Crippen molar-refractivity contribution in [3.05, 3.63) is 46.9 Å². The number of H-pyrrole nitrogens is 1. The highest BCUT2D eigenvalue weighted by atomic mass is 16.5. The average Bonchev–Trinajstić information content (AvgIpc) is 4.03. The molecule has 0 unspecified atom stereocenters. The number of ether oxygens (including phenoxy) is 1. The molecule has 382 valence electrons. The number of allylic oxidation sites excluding steroid dienone is 3. The van der Waals surface area contributed by atoms with Gasteiger partial charge in [0.25, 0.3) is 0 Å². The summed E-state index contributed by atoms with van der Waals surface area (Å²) in [5.74, 6) is 4.15. The minimum absolute atomic E-state index is 0.0210. The fourth-order valence-electron chi connectivity index (χ4n) is 18.0. The topological polar surface area (TPSA) is 254 Å². The van der Waals surface area contributed by atoms with Crippen molar-refractivity contribution in [3.63, 3.8) is 0 Å². The third kappa shape index (κ3) is 7.75. The number of hydrogen-bond donors (Lipinski definition) is 9. The summed E-state index contributed by atoms with van der Waals surface area (Å²) in [5, 5.41) is 66.9. The molecular formula is C56H79N5O9. The van der Waals surface area contributed by atoms with Crippen LogP contribution in [-0.4, -0.2) is 103 Å². The number of carbonyl (C=O) groups excluding carboxylic acids is 3. The molecule has 21 atom stereocenters. The Bertz CT molecular complexity index is 2380. The van der Waals surface area contributed by atoms with Crippen LogP contribution in [0.15, 0.2) is 46.4 Å². The maximum Gasteiger partial charge on any atom is 0.313 e. The van der Waals surface area contributed by atoms with E-state index in [0.717, 1.165) is 37.7 Å². The largest absolute Gasteiger partial charge is 0.465 e. The molecule has 5 saturated carbocycles. The van der Waals surface area contributed by atoms with Crippen LogP contribution in [0.2, 0.25) is 0 Å². The molecule has 6 fully saturated rings. The summed E-state index contributed by atoms with van der Waals surface area (Å²) >= 11 is 0. The van der Waals surface area contributed by atoms with Gasteiger partial charge < -0.3 is 52.0 Å². The van der Waals surface area contributed by atoms with Crippen LogP contribution in [0.25, 0.3) is 0 Å². The van der Waals surface area contributed by atoms with Gasteiger partial charge in [0, 0.05) is 54.4 Å². The molecule has 11 N–H and O–H groups in total. The first-order chi connectivity index (χ1) is 33.2. The highest BCUT2D eigenvalue weighted by Gasteiger charge is 2.78. The lowest BCUT2D eigenvalue weighted by atomic mass is 9.37. The normalized spacial score (nSPS) is 47.6. The van der Waals surface area contributed by atoms with Crippen molar-refractivity contribution in [2.45, 2.75) is 154 Å². The number of aliphatic hydroxyl groups is 5. The van der Waals surface area contributed by atoms with Crippen LogP contribution in [-0.2, 0) is 19.1 Å². The summed E-state index contributed by atoms with van der Waals surface area (Å²) in [5.41, 5.74) is 9.67. The molecule has 0 amide bonds. The van der Waals surface area contributed by atoms with Crippen molar-refractivity contribution < 1.29 is 44.7 Å². The van der Waals surface area contributed by atoms with E-state index in [2.05, 4.69) is 47.1 Å². The highest BCUT2D eigenvalue weighted by molar-refractivity contribution is 6.00. The summed E-state index contributed by atoms with van der Waals surface area (Å²) in [6.07, 6.45) is 10.3. The molecular weight excluding hydrogens is 887 g/mol. The van der Waals surface area contributed by atoms with Gasteiger partial charge in [-0.3, -0.25) is 19.4 Å². The zero-order chi connectivity index (χ0) is 49.8. The fourth-order valence-corrected chi connectivity index (χ4v) is 18.0. The molecule has 0 aromatic carbocycles. The number of Topliss-reactive ketones (excluding diaryl/α,β-unsaturated/α-hetero) is 2. The molecule has 1 aromatic rings. The molecule has 2 heterocycles. The predicted molar refractivity (Wildman–Crippen MR) is 263 cm³/mol. The summed E-state index contributed by atoms with van der Waals surface area (Å²) in [6, 6.07) is 1.95. The average molecular weight is 966 g/mol. The van der Waals surface area contributed by atoms with E-state index in [9.17, 15) is 35.1 Å². The van der Waals surface area contributed by atoms with Crippen molar-refractivity contribution in [1.29, 1.82) is 0 Å². The molecule has 14 nitrogen and oxygen atoms in total. The van der Waals surface area contributed by atoms with Gasteiger partial charge in [-0.2, -0.15) is 0 Å². The Kier molecular flexibility index (Phi) is 12.9. The number of rotatable bonds is 7. The second-order valence-corrected chi connectivity index (χ2v) is 24.7. The summed E-state index contributed by atoms with van der Waals surface area (Å²) < 4.78 is 5.93. The van der Waals surface area contributed by atoms with Gasteiger partial charge in [-0.25, -0.2) is 0 Å². The van der Waals surface area contributed by atoms with Crippen molar-refractivity contribution in [3.8, 4) is 11.8 Å². The van der Waals surface area contributed by atoms with Crippen LogP contribution >= 0.6 is 0 Å². The van der Waals surface area contributed by atoms with Crippen LogP contribution < -0.4 is 16.8 Å². The van der Waals surface area contributed by atoms with Gasteiger partial charge in [-0.05, 0) is 167 Å². The van der Waals surface area contributed by atoms with E-state index in [1.165, 1.54) is 12.5 Å². The molecule has 2 bridgehead atoms. The number of aromatic amines is 1. The SMILES string of the molecule is CC(=O)CNC1=C2[C@H]([C@H]3CC[C@H](CN=C(N)N)[C@@]4(C3)[C@@H]3[C@H](CC#C[C@@H]([C@H]5COC(=O)[C@@H]5c5cc[nH]c5)C[C@H]5[C@@H](CC=C6CC[C@H](C)C[C@@H]65)[C@H](C)C[C@@H](O)[C@]3(C)O)C[C@@]24O)[C@@]2(C)C[C@H](O)[C@H](O)C[C@H]2C1=O. The predicted octanol–water partition coefficient (Wildman–Crippen LogP) is 4.65. The second kappa shape index (κ2) is 18.2. The standard InChI is InChI=1S/C56H79N5O9/c1-28-9-10-31-12-14-37-29(2)18-44(65)54(5,68)50-34(8-6-7-32(19-39(37)38(31)17-28)40-27-70-51(67)45(40)35-15-16-59-25-35)22-56(69)47-46(33-11-13-36(26-61-52(57)58)55(50,56)21-33)53(4)23-43(64)42(63)20-41(53)49(66)48(47)60-24-30(3)62/h12,15-16,25,28-29,32-34,36-46,50,59-60,63-65,68-69H,8-11,13-14,17-24,26-27H2,1-5H3,(H4,57,58,61)/t28-,29+,32+,33-,34+,36+,37-,38-,39-,40+,41-,42+,43-,44+,45+,46-,50+,53-,54-,55-,56+/m0/s1. The molecule has 1 aromatic heterocycles. The Balaban J connectivity index is 1.16. The van der Waals surface area contributed by atoms with E-state index in [-0.39, 0.29) is 110 Å². The number of carbonyl (C=O) groups is 3. The van der Waals surface area contributed by atoms with Crippen LogP contribution in [0.3, 0.4) is 0 Å². The molecule has 1 saturated heterocycles. The van der Waals surface area contributed by atoms with Crippen molar-refractivity contribution >= 4 is 23.5 Å². The maximum atomic E-state index is 15.2. The fraction of sp³-hybridized carbons (Fsp3) is 0.750. The van der Waals surface area contributed by atoms with Gasteiger partial charge in [-0.1, -0.05) is 38.3 Å². The van der Waals surface area contributed by atoms with Gasteiger partial charge >= 0.3 is 5.97 Å². The van der Waals surface area contributed by atoms with E-state index >= 15 is 4.79 Å². The maximum absolute atomic E-state index is 15.2. The van der Waals surface area contributed by atoms with E-state index in [1.807, 2.05) is 25.4 Å². The lowest BCUT2D eigenvalue weighted by molar-refractivity contribution is -0.227. The number of aromatic nitrogens is 1. The van der Waals surface area contributed by atoms with Gasteiger partial charge in [0.05, 0.1) is 54.3 Å². The Morgan fingerprint density at radius 2 is 1.76 bits per heavy atom. The van der Waals surface area contributed by atoms with Crippen molar-refractivity contribution in [2.24, 2.45) is 104 Å². The number of nitrogens with zero attached hydrogens (tertiary/aromatic N) is 1. The number of guanidine groups is 1. The summed E-state index contributed by atoms with van der Waals surface area (Å²) in [6.45, 7) is 10.0. The number of aliphatic hydroxyl groups excluding tert-OH is 3. The Hall–Kier alpha value is -4.00. The summed E-state index contributed by atoms with van der Waals surface area (Å²) in [7, 11) is 0. The number of fused-ring (bicyclic) bond motifs is 10. The minimum Gasteiger partial charge on any atom is -0.465 e. The van der Waals surface area contributed by atoms with Crippen LogP contribution in [0.5, 0.6) is 0 Å². The third-order valence-electron chi connectivity index (χ3n) is 20.9. The molecule has 14 heteroatoms. The lowest BCUT2D eigenvalue weighted by Gasteiger charge is -2.68. The first kappa shape index (κ1) is 49.6. The van der Waals surface area contributed by atoms with Crippen LogP contribution in [0.1, 0.15) is 130 Å². The number of ketones is 2. The second-order valence-electron chi connectivity index (χ2n) is 24.7. The number of nitrogens with one attached hydrogen (secondary N) is 2. The Morgan fingerprint density at radius 1 is 0.971 bits per heavy atom.